The molecule has 0 fully saturated rings. The standard InChI is InChI=1S/C23H20N2O4/c1-28-19-13-16(14-20(29-2)23(19)27)15-24-25-21(17-9-5-3-6-10-17)22(26)18-11-7-4-8-12-18/h3-15,27H,1-2H3/b24-15+,25-21?. The molecule has 3 rings (SSSR count). The largest absolute Gasteiger partial charge is 0.502 e. The predicted molar refractivity (Wildman–Crippen MR) is 113 cm³/mol. The molecule has 0 saturated carbocycles. The Kier molecular flexibility index (Phi) is 6.37. The van der Waals surface area contributed by atoms with Crippen molar-refractivity contribution in [3.63, 3.8) is 0 Å². The summed E-state index contributed by atoms with van der Waals surface area (Å²) < 4.78 is 10.3. The van der Waals surface area contributed by atoms with Crippen LogP contribution in [0.4, 0.5) is 0 Å². The highest BCUT2D eigenvalue weighted by Gasteiger charge is 2.16. The van der Waals surface area contributed by atoms with E-state index in [-0.39, 0.29) is 28.7 Å². The number of phenolic OH excluding ortho intramolecular Hbond substituents is 1. The summed E-state index contributed by atoms with van der Waals surface area (Å²) in [5.41, 5.74) is 2.02. The zero-order chi connectivity index (χ0) is 20.6. The van der Waals surface area contributed by atoms with Crippen LogP contribution in [0.5, 0.6) is 17.2 Å². The maximum atomic E-state index is 13.0. The van der Waals surface area contributed by atoms with Crippen molar-refractivity contribution in [3.8, 4) is 17.2 Å². The summed E-state index contributed by atoms with van der Waals surface area (Å²) in [5, 5.41) is 18.3. The zero-order valence-electron chi connectivity index (χ0n) is 16.1. The topological polar surface area (TPSA) is 80.5 Å². The Morgan fingerprint density at radius 2 is 1.38 bits per heavy atom. The van der Waals surface area contributed by atoms with Gasteiger partial charge in [0.1, 0.15) is 5.71 Å². The first-order valence-electron chi connectivity index (χ1n) is 8.85. The molecule has 3 aromatic carbocycles. The van der Waals surface area contributed by atoms with Gasteiger partial charge in [0.05, 0.1) is 20.4 Å². The van der Waals surface area contributed by atoms with Gasteiger partial charge in [-0.15, -0.1) is 5.10 Å². The van der Waals surface area contributed by atoms with Crippen LogP contribution in [0.3, 0.4) is 0 Å². The fourth-order valence-corrected chi connectivity index (χ4v) is 2.70. The average Bonchev–Trinajstić information content (AvgIpc) is 2.78. The molecule has 0 aliphatic rings. The van der Waals surface area contributed by atoms with E-state index in [2.05, 4.69) is 10.2 Å². The van der Waals surface area contributed by atoms with Gasteiger partial charge >= 0.3 is 0 Å². The normalized spacial score (nSPS) is 11.4. The summed E-state index contributed by atoms with van der Waals surface area (Å²) in [6.07, 6.45) is 1.46. The van der Waals surface area contributed by atoms with Crippen molar-refractivity contribution in [3.05, 3.63) is 89.5 Å². The second-order valence-electron chi connectivity index (χ2n) is 6.03. The number of carbonyl (C=O) groups excluding carboxylic acids is 1. The maximum absolute atomic E-state index is 13.0. The maximum Gasteiger partial charge on any atom is 0.213 e. The smallest absolute Gasteiger partial charge is 0.213 e. The molecule has 0 amide bonds. The first kappa shape index (κ1) is 19.8. The first-order chi connectivity index (χ1) is 14.1. The molecule has 0 spiro atoms. The Labute approximate surface area is 168 Å². The third kappa shape index (κ3) is 4.68. The minimum Gasteiger partial charge on any atom is -0.502 e. The van der Waals surface area contributed by atoms with Gasteiger partial charge in [0.25, 0.3) is 0 Å². The molecule has 29 heavy (non-hydrogen) atoms. The second-order valence-corrected chi connectivity index (χ2v) is 6.03. The van der Waals surface area contributed by atoms with Crippen molar-refractivity contribution in [2.45, 2.75) is 0 Å². The summed E-state index contributed by atoms with van der Waals surface area (Å²) in [4.78, 5) is 13.0. The van der Waals surface area contributed by atoms with Gasteiger partial charge in [-0.1, -0.05) is 60.7 Å². The summed E-state index contributed by atoms with van der Waals surface area (Å²) in [7, 11) is 2.89. The van der Waals surface area contributed by atoms with Gasteiger partial charge in [-0.3, -0.25) is 4.79 Å². The average molecular weight is 388 g/mol. The van der Waals surface area contributed by atoms with Gasteiger partial charge in [-0.05, 0) is 12.1 Å². The third-order valence-corrected chi connectivity index (χ3v) is 4.16. The molecule has 0 aliphatic heterocycles. The highest BCUT2D eigenvalue weighted by molar-refractivity contribution is 6.51. The number of nitrogens with zero attached hydrogens (tertiary/aromatic N) is 2. The van der Waals surface area contributed by atoms with Crippen molar-refractivity contribution in [1.29, 1.82) is 0 Å². The summed E-state index contributed by atoms with van der Waals surface area (Å²) in [5.74, 6) is 0.173. The summed E-state index contributed by atoms with van der Waals surface area (Å²) in [6.45, 7) is 0. The molecule has 146 valence electrons. The van der Waals surface area contributed by atoms with Crippen molar-refractivity contribution in [2.75, 3.05) is 14.2 Å². The molecule has 0 atom stereocenters. The van der Waals surface area contributed by atoms with Gasteiger partial charge in [-0.2, -0.15) is 5.10 Å². The number of hydrogen-bond donors (Lipinski definition) is 1. The van der Waals surface area contributed by atoms with E-state index in [1.165, 1.54) is 20.4 Å². The van der Waals surface area contributed by atoms with Crippen LogP contribution in [0, 0.1) is 0 Å². The lowest BCUT2D eigenvalue weighted by Gasteiger charge is -2.09. The molecule has 6 heteroatoms. The van der Waals surface area contributed by atoms with Crippen LogP contribution >= 0.6 is 0 Å². The second kappa shape index (κ2) is 9.32. The van der Waals surface area contributed by atoms with Crippen LogP contribution in [0.2, 0.25) is 0 Å². The molecule has 0 heterocycles. The number of Topliss-reactive ketones (excluding diaryl/α,β-unsaturated/α-hetero) is 1. The lowest BCUT2D eigenvalue weighted by atomic mass is 10.0. The highest BCUT2D eigenvalue weighted by atomic mass is 16.5. The van der Waals surface area contributed by atoms with Gasteiger partial charge in [-0.25, -0.2) is 0 Å². The minimum absolute atomic E-state index is 0.0973. The van der Waals surface area contributed by atoms with E-state index in [1.54, 1.807) is 36.4 Å². The van der Waals surface area contributed by atoms with Gasteiger partial charge in [0, 0.05) is 16.7 Å². The number of phenols is 1. The number of ketones is 1. The summed E-state index contributed by atoms with van der Waals surface area (Å²) >= 11 is 0. The molecule has 0 aliphatic carbocycles. The SMILES string of the molecule is COc1cc(/C=N/N=C(C(=O)c2ccccc2)c2ccccc2)cc(OC)c1O. The molecule has 0 aromatic heterocycles. The van der Waals surface area contributed by atoms with Crippen LogP contribution in [-0.2, 0) is 0 Å². The number of ether oxygens (including phenoxy) is 2. The Balaban J connectivity index is 1.98. The fourth-order valence-electron chi connectivity index (χ4n) is 2.70. The highest BCUT2D eigenvalue weighted by Crippen LogP contribution is 2.36. The van der Waals surface area contributed by atoms with Crippen LogP contribution in [-0.4, -0.2) is 37.0 Å². The number of benzene rings is 3. The first-order valence-corrected chi connectivity index (χ1v) is 8.85. The van der Waals surface area contributed by atoms with Crippen molar-refractivity contribution in [1.82, 2.24) is 0 Å². The van der Waals surface area contributed by atoms with E-state index in [4.69, 9.17) is 9.47 Å². The fraction of sp³-hybridized carbons (Fsp3) is 0.0870. The Hall–Kier alpha value is -3.93. The zero-order valence-corrected chi connectivity index (χ0v) is 16.1. The molecule has 0 unspecified atom stereocenters. The molecule has 3 aromatic rings. The monoisotopic (exact) mass is 388 g/mol. The van der Waals surface area contributed by atoms with Crippen molar-refractivity contribution >= 4 is 17.7 Å². The van der Waals surface area contributed by atoms with Crippen molar-refractivity contribution < 1.29 is 19.4 Å². The number of rotatable bonds is 7. The summed E-state index contributed by atoms with van der Waals surface area (Å²) in [6, 6.07) is 21.3. The third-order valence-electron chi connectivity index (χ3n) is 4.16. The molecular formula is C23H20N2O4. The van der Waals surface area contributed by atoms with Crippen LogP contribution in [0.25, 0.3) is 0 Å². The molecule has 0 saturated heterocycles. The molecule has 0 radical (unpaired) electrons. The lowest BCUT2D eigenvalue weighted by molar-refractivity contribution is 0.106. The molecule has 6 nitrogen and oxygen atoms in total. The number of methoxy groups -OCH3 is 2. The number of aromatic hydroxyl groups is 1. The number of hydrogen-bond acceptors (Lipinski definition) is 6. The molecular weight excluding hydrogens is 368 g/mol. The predicted octanol–water partition coefficient (Wildman–Crippen LogP) is 4.12. The Morgan fingerprint density at radius 1 is 0.862 bits per heavy atom. The van der Waals surface area contributed by atoms with E-state index >= 15 is 0 Å². The Bertz CT molecular complexity index is 1020. The number of carbonyl (C=O) groups is 1. The van der Waals surface area contributed by atoms with Crippen LogP contribution < -0.4 is 9.47 Å². The van der Waals surface area contributed by atoms with Crippen molar-refractivity contribution in [2.24, 2.45) is 10.2 Å². The quantitative estimate of drug-likeness (QED) is 0.375. The van der Waals surface area contributed by atoms with Crippen LogP contribution in [0.1, 0.15) is 21.5 Å². The van der Waals surface area contributed by atoms with Gasteiger partial charge in [0.15, 0.2) is 11.5 Å². The van der Waals surface area contributed by atoms with Gasteiger partial charge in [0.2, 0.25) is 11.5 Å². The molecule has 1 N–H and O–H groups in total. The minimum atomic E-state index is -0.227. The lowest BCUT2D eigenvalue weighted by Crippen LogP contribution is -2.15. The van der Waals surface area contributed by atoms with E-state index in [0.717, 1.165) is 0 Å². The van der Waals surface area contributed by atoms with E-state index < -0.39 is 0 Å². The molecule has 0 bridgehead atoms. The van der Waals surface area contributed by atoms with Gasteiger partial charge < -0.3 is 14.6 Å². The Morgan fingerprint density at radius 3 is 1.90 bits per heavy atom. The van der Waals surface area contributed by atoms with E-state index in [1.807, 2.05) is 36.4 Å². The van der Waals surface area contributed by atoms with E-state index in [0.29, 0.717) is 16.7 Å². The van der Waals surface area contributed by atoms with E-state index in [9.17, 15) is 9.90 Å². The van der Waals surface area contributed by atoms with Crippen LogP contribution in [0.15, 0.2) is 83.0 Å².